The van der Waals surface area contributed by atoms with E-state index in [4.69, 9.17) is 0 Å². The van der Waals surface area contributed by atoms with E-state index < -0.39 is 0 Å². The summed E-state index contributed by atoms with van der Waals surface area (Å²) in [5.74, 6) is 1.06. The van der Waals surface area contributed by atoms with E-state index in [2.05, 4.69) is 12.2 Å². The molecular formula is C14H21NO2. The lowest BCUT2D eigenvalue weighted by Gasteiger charge is -2.30. The van der Waals surface area contributed by atoms with Crippen molar-refractivity contribution in [2.45, 2.75) is 32.1 Å². The zero-order chi connectivity index (χ0) is 12.3. The van der Waals surface area contributed by atoms with Gasteiger partial charge in [-0.25, -0.2) is 0 Å². The predicted octanol–water partition coefficient (Wildman–Crippen LogP) is 2.59. The van der Waals surface area contributed by atoms with Crippen LogP contribution in [0.4, 0.5) is 0 Å². The second-order valence-electron chi connectivity index (χ2n) is 4.87. The summed E-state index contributed by atoms with van der Waals surface area (Å²) in [6.45, 7) is 4.36. The fourth-order valence-electron chi connectivity index (χ4n) is 2.83. The maximum Gasteiger partial charge on any atom is 0.157 e. The quantitative estimate of drug-likeness (QED) is 0.706. The molecule has 0 amide bonds. The molecule has 94 valence electrons. The second kappa shape index (κ2) is 5.41. The minimum atomic E-state index is -0.0367. The van der Waals surface area contributed by atoms with Crippen molar-refractivity contribution in [2.24, 2.45) is 5.92 Å². The zero-order valence-corrected chi connectivity index (χ0v) is 10.3. The summed E-state index contributed by atoms with van der Waals surface area (Å²) in [5.41, 5.74) is 1.14. The molecule has 1 fully saturated rings. The van der Waals surface area contributed by atoms with E-state index >= 15 is 0 Å². The van der Waals surface area contributed by atoms with E-state index in [9.17, 15) is 10.2 Å². The van der Waals surface area contributed by atoms with Crippen LogP contribution >= 0.6 is 0 Å². The highest BCUT2D eigenvalue weighted by Crippen LogP contribution is 2.36. The Morgan fingerprint density at radius 2 is 2.18 bits per heavy atom. The minimum Gasteiger partial charge on any atom is -0.504 e. The summed E-state index contributed by atoms with van der Waals surface area (Å²) in [5, 5.41) is 22.4. The van der Waals surface area contributed by atoms with E-state index in [1.807, 2.05) is 6.07 Å². The molecule has 3 nitrogen and oxygen atoms in total. The lowest BCUT2D eigenvalue weighted by molar-refractivity contribution is 0.315. The molecule has 2 atom stereocenters. The Balaban J connectivity index is 2.18. The number of rotatable bonds is 3. The molecule has 2 unspecified atom stereocenters. The Morgan fingerprint density at radius 3 is 2.76 bits per heavy atom. The number of phenols is 2. The maximum absolute atomic E-state index is 9.58. The van der Waals surface area contributed by atoms with Crippen molar-refractivity contribution in [1.29, 1.82) is 0 Å². The van der Waals surface area contributed by atoms with Crippen molar-refractivity contribution >= 4 is 0 Å². The molecule has 3 N–H and O–H groups in total. The highest BCUT2D eigenvalue weighted by atomic mass is 16.3. The van der Waals surface area contributed by atoms with Gasteiger partial charge in [-0.2, -0.15) is 0 Å². The fourth-order valence-corrected chi connectivity index (χ4v) is 2.83. The Labute approximate surface area is 102 Å². The third-order valence-corrected chi connectivity index (χ3v) is 3.77. The van der Waals surface area contributed by atoms with Gasteiger partial charge in [0.05, 0.1) is 0 Å². The van der Waals surface area contributed by atoms with Gasteiger partial charge in [-0.05, 0) is 61.9 Å². The van der Waals surface area contributed by atoms with Gasteiger partial charge in [-0.15, -0.1) is 0 Å². The maximum atomic E-state index is 9.58. The summed E-state index contributed by atoms with van der Waals surface area (Å²) in [4.78, 5) is 0. The number of hydrogen-bond acceptors (Lipinski definition) is 3. The zero-order valence-electron chi connectivity index (χ0n) is 10.3. The molecule has 1 saturated heterocycles. The molecule has 0 saturated carbocycles. The van der Waals surface area contributed by atoms with Crippen molar-refractivity contribution in [3.63, 3.8) is 0 Å². The summed E-state index contributed by atoms with van der Waals surface area (Å²) in [6.07, 6.45) is 3.54. The first kappa shape index (κ1) is 12.2. The SMILES string of the molecule is CCC(c1ccc(O)c(O)c1)C1CCCNC1. The molecule has 2 rings (SSSR count). The van der Waals surface area contributed by atoms with Crippen LogP contribution in [-0.2, 0) is 0 Å². The molecule has 17 heavy (non-hydrogen) atoms. The average Bonchev–Trinajstić information content (AvgIpc) is 2.36. The van der Waals surface area contributed by atoms with Crippen LogP contribution < -0.4 is 5.32 Å². The molecule has 1 aliphatic heterocycles. The van der Waals surface area contributed by atoms with Crippen molar-refractivity contribution in [3.8, 4) is 11.5 Å². The van der Waals surface area contributed by atoms with E-state index in [0.717, 1.165) is 25.1 Å². The van der Waals surface area contributed by atoms with Crippen molar-refractivity contribution in [3.05, 3.63) is 23.8 Å². The molecular weight excluding hydrogens is 214 g/mol. The number of hydrogen-bond donors (Lipinski definition) is 3. The van der Waals surface area contributed by atoms with E-state index in [-0.39, 0.29) is 11.5 Å². The van der Waals surface area contributed by atoms with Gasteiger partial charge in [-0.1, -0.05) is 13.0 Å². The van der Waals surface area contributed by atoms with Crippen molar-refractivity contribution < 1.29 is 10.2 Å². The first-order valence-electron chi connectivity index (χ1n) is 6.45. The van der Waals surface area contributed by atoms with E-state index in [1.54, 1.807) is 12.1 Å². The molecule has 1 heterocycles. The van der Waals surface area contributed by atoms with Gasteiger partial charge in [-0.3, -0.25) is 0 Å². The van der Waals surface area contributed by atoms with Gasteiger partial charge in [0.1, 0.15) is 0 Å². The fraction of sp³-hybridized carbons (Fsp3) is 0.571. The summed E-state index contributed by atoms with van der Waals surface area (Å²) in [6, 6.07) is 5.22. The monoisotopic (exact) mass is 235 g/mol. The van der Waals surface area contributed by atoms with Crippen molar-refractivity contribution in [2.75, 3.05) is 13.1 Å². The highest BCUT2D eigenvalue weighted by molar-refractivity contribution is 5.41. The van der Waals surface area contributed by atoms with Gasteiger partial charge in [0, 0.05) is 0 Å². The number of piperidine rings is 1. The minimum absolute atomic E-state index is 0.00952. The summed E-state index contributed by atoms with van der Waals surface area (Å²) >= 11 is 0. The molecule has 0 aliphatic carbocycles. The van der Waals surface area contributed by atoms with Crippen LogP contribution in [0.3, 0.4) is 0 Å². The topological polar surface area (TPSA) is 52.5 Å². The molecule has 0 aromatic heterocycles. The molecule has 0 radical (unpaired) electrons. The molecule has 0 spiro atoms. The van der Waals surface area contributed by atoms with Gasteiger partial charge in [0.15, 0.2) is 11.5 Å². The average molecular weight is 235 g/mol. The summed E-state index contributed by atoms with van der Waals surface area (Å²) in [7, 11) is 0. The molecule has 1 aromatic carbocycles. The number of phenolic OH excluding ortho intramolecular Hbond substituents is 2. The van der Waals surface area contributed by atoms with Gasteiger partial charge in [0.2, 0.25) is 0 Å². The summed E-state index contributed by atoms with van der Waals surface area (Å²) < 4.78 is 0. The predicted molar refractivity (Wildman–Crippen MR) is 68.4 cm³/mol. The Bertz CT molecular complexity index is 372. The number of aromatic hydroxyl groups is 2. The van der Waals surface area contributed by atoms with Crippen LogP contribution in [-0.4, -0.2) is 23.3 Å². The second-order valence-corrected chi connectivity index (χ2v) is 4.87. The molecule has 0 bridgehead atoms. The third-order valence-electron chi connectivity index (χ3n) is 3.77. The number of benzene rings is 1. The Hall–Kier alpha value is -1.22. The van der Waals surface area contributed by atoms with Crippen LogP contribution in [0.15, 0.2) is 18.2 Å². The van der Waals surface area contributed by atoms with Crippen LogP contribution in [0.2, 0.25) is 0 Å². The van der Waals surface area contributed by atoms with Gasteiger partial charge < -0.3 is 15.5 Å². The standard InChI is InChI=1S/C14H21NO2/c1-2-12(11-4-3-7-15-9-11)10-5-6-13(16)14(17)8-10/h5-6,8,11-12,15-17H,2-4,7,9H2,1H3. The van der Waals surface area contributed by atoms with Crippen LogP contribution in [0, 0.1) is 5.92 Å². The molecule has 3 heteroatoms. The normalized spacial score (nSPS) is 22.3. The first-order chi connectivity index (χ1) is 8.22. The lowest BCUT2D eigenvalue weighted by Crippen LogP contribution is -2.33. The van der Waals surface area contributed by atoms with Crippen molar-refractivity contribution in [1.82, 2.24) is 5.32 Å². The smallest absolute Gasteiger partial charge is 0.157 e. The Kier molecular flexibility index (Phi) is 3.89. The first-order valence-corrected chi connectivity index (χ1v) is 6.45. The largest absolute Gasteiger partial charge is 0.504 e. The Morgan fingerprint density at radius 1 is 1.35 bits per heavy atom. The van der Waals surface area contributed by atoms with Gasteiger partial charge in [0.25, 0.3) is 0 Å². The van der Waals surface area contributed by atoms with Crippen LogP contribution in [0.1, 0.15) is 37.7 Å². The highest BCUT2D eigenvalue weighted by Gasteiger charge is 2.24. The third kappa shape index (κ3) is 2.72. The molecule has 1 aromatic rings. The van der Waals surface area contributed by atoms with E-state index in [1.165, 1.54) is 12.8 Å². The van der Waals surface area contributed by atoms with Gasteiger partial charge >= 0.3 is 0 Å². The number of nitrogens with one attached hydrogen (secondary N) is 1. The van der Waals surface area contributed by atoms with Crippen LogP contribution in [0.5, 0.6) is 11.5 Å². The molecule has 1 aliphatic rings. The van der Waals surface area contributed by atoms with Crippen LogP contribution in [0.25, 0.3) is 0 Å². The van der Waals surface area contributed by atoms with E-state index in [0.29, 0.717) is 11.8 Å². The lowest BCUT2D eigenvalue weighted by atomic mass is 9.80.